The minimum absolute atomic E-state index is 0.317. The molecule has 0 heterocycles. The molecule has 7 heteroatoms. The molecule has 0 bridgehead atoms. The van der Waals surface area contributed by atoms with Crippen LogP contribution in [-0.2, 0) is 19.0 Å². The van der Waals surface area contributed by atoms with Gasteiger partial charge in [0, 0.05) is 18.9 Å². The molecule has 0 aromatic heterocycles. The summed E-state index contributed by atoms with van der Waals surface area (Å²) in [5, 5.41) is 0. The molecule has 0 amide bonds. The Balaban J connectivity index is 1.42. The number of unbranched alkanes of at least 4 members (excludes halogenated alkanes) is 1. The average Bonchev–Trinajstić information content (AvgIpc) is 2.91. The van der Waals surface area contributed by atoms with Gasteiger partial charge in [-0.2, -0.15) is 0 Å². The van der Waals surface area contributed by atoms with E-state index in [1.807, 2.05) is 0 Å². The first kappa shape index (κ1) is 26.2. The average molecular weight is 489 g/mol. The Kier molecular flexibility index (Phi) is 9.82. The molecule has 0 N–H and O–H groups in total. The first-order valence-corrected chi connectivity index (χ1v) is 11.6. The summed E-state index contributed by atoms with van der Waals surface area (Å²) in [7, 11) is 0. The van der Waals surface area contributed by atoms with E-state index >= 15 is 0 Å². The van der Waals surface area contributed by atoms with E-state index < -0.39 is 17.9 Å². The molecule has 0 fully saturated rings. The van der Waals surface area contributed by atoms with E-state index in [2.05, 4.69) is 13.2 Å². The molecule has 1 aliphatic carbocycles. The minimum Gasteiger partial charge on any atom is -0.494 e. The third kappa shape index (κ3) is 8.13. The maximum absolute atomic E-state index is 12.5. The van der Waals surface area contributed by atoms with Crippen molar-refractivity contribution in [2.24, 2.45) is 0 Å². The summed E-state index contributed by atoms with van der Waals surface area (Å²) in [5.74, 6) is 0.269. The van der Waals surface area contributed by atoms with Crippen LogP contribution < -0.4 is 4.74 Å². The van der Waals surface area contributed by atoms with E-state index in [9.17, 15) is 14.4 Å². The predicted octanol–water partition coefficient (Wildman–Crippen LogP) is 5.79. The highest BCUT2D eigenvalue weighted by Gasteiger charge is 2.17. The molecule has 2 aromatic carbocycles. The zero-order valence-electron chi connectivity index (χ0n) is 19.9. The molecule has 36 heavy (non-hydrogen) atoms. The van der Waals surface area contributed by atoms with E-state index in [1.165, 1.54) is 0 Å². The second-order valence-corrected chi connectivity index (χ2v) is 7.82. The van der Waals surface area contributed by atoms with E-state index in [-0.39, 0.29) is 0 Å². The topological polar surface area (TPSA) is 88.1 Å². The van der Waals surface area contributed by atoms with E-state index in [1.54, 1.807) is 66.8 Å². The smallest absolute Gasteiger partial charge is 0.343 e. The number of hydrogen-bond acceptors (Lipinski definition) is 7. The summed E-state index contributed by atoms with van der Waals surface area (Å²) in [6.45, 7) is 7.80. The molecule has 0 aliphatic heterocycles. The second kappa shape index (κ2) is 13.5. The molecule has 0 saturated heterocycles. The quantitative estimate of drug-likeness (QED) is 0.162. The molecule has 0 unspecified atom stereocenters. The van der Waals surface area contributed by atoms with Crippen LogP contribution in [0.2, 0.25) is 0 Å². The highest BCUT2D eigenvalue weighted by molar-refractivity contribution is 5.91. The van der Waals surface area contributed by atoms with Crippen molar-refractivity contribution in [1.82, 2.24) is 0 Å². The van der Waals surface area contributed by atoms with Crippen LogP contribution in [-0.4, -0.2) is 31.1 Å². The van der Waals surface area contributed by atoms with Gasteiger partial charge in [-0.3, -0.25) is 0 Å². The first-order chi connectivity index (χ1) is 17.5. The molecule has 1 aliphatic rings. The molecular weight excluding hydrogens is 460 g/mol. The molecule has 3 rings (SSSR count). The second-order valence-electron chi connectivity index (χ2n) is 7.82. The number of carbonyl (C=O) groups is 3. The van der Waals surface area contributed by atoms with Crippen molar-refractivity contribution in [2.75, 3.05) is 13.2 Å². The van der Waals surface area contributed by atoms with Gasteiger partial charge in [0.05, 0.1) is 24.3 Å². The zero-order chi connectivity index (χ0) is 25.8. The van der Waals surface area contributed by atoms with Gasteiger partial charge in [0.2, 0.25) is 0 Å². The van der Waals surface area contributed by atoms with Gasteiger partial charge in [-0.25, -0.2) is 14.4 Å². The van der Waals surface area contributed by atoms with E-state index in [0.717, 1.165) is 18.1 Å². The van der Waals surface area contributed by atoms with Crippen LogP contribution in [0.1, 0.15) is 52.0 Å². The Hall–Kier alpha value is -4.39. The number of rotatable bonds is 12. The van der Waals surface area contributed by atoms with Crippen LogP contribution in [0.4, 0.5) is 0 Å². The third-order valence-corrected chi connectivity index (χ3v) is 5.21. The van der Waals surface area contributed by atoms with Crippen molar-refractivity contribution in [1.29, 1.82) is 0 Å². The Morgan fingerprint density at radius 1 is 0.750 bits per heavy atom. The highest BCUT2D eigenvalue weighted by atomic mass is 16.5. The lowest BCUT2D eigenvalue weighted by Crippen LogP contribution is -2.10. The maximum atomic E-state index is 12.5. The normalized spacial score (nSPS) is 12.4. The molecule has 7 nitrogen and oxygen atoms in total. The summed E-state index contributed by atoms with van der Waals surface area (Å²) in [5.41, 5.74) is 1.76. The zero-order valence-corrected chi connectivity index (χ0v) is 19.9. The Morgan fingerprint density at radius 2 is 1.28 bits per heavy atom. The monoisotopic (exact) mass is 488 g/mol. The van der Waals surface area contributed by atoms with Crippen LogP contribution >= 0.6 is 0 Å². The minimum atomic E-state index is -0.479. The standard InChI is InChI=1S/C29H28O7/c1-3-21-7-9-22(10-8-21)28(31)35-25-15-17-26(18-16-25)36-29(32)23-11-13-24(14-12-23)33-19-5-6-20-34-27(30)4-2/h3-4,7-15,17H,1-2,5-6,16,18-20H2. The molecule has 0 spiro atoms. The number of ether oxygens (including phenoxy) is 4. The van der Waals surface area contributed by atoms with Crippen molar-refractivity contribution in [3.8, 4) is 5.75 Å². The van der Waals surface area contributed by atoms with Crippen molar-refractivity contribution in [3.05, 3.63) is 108 Å². The largest absolute Gasteiger partial charge is 0.494 e. The number of benzene rings is 2. The summed E-state index contributed by atoms with van der Waals surface area (Å²) < 4.78 is 21.4. The lowest BCUT2D eigenvalue weighted by molar-refractivity contribution is -0.137. The summed E-state index contributed by atoms with van der Waals surface area (Å²) in [4.78, 5) is 35.7. The van der Waals surface area contributed by atoms with Gasteiger partial charge in [0.1, 0.15) is 17.3 Å². The summed E-state index contributed by atoms with van der Waals surface area (Å²) in [6.07, 6.45) is 8.37. The van der Waals surface area contributed by atoms with Gasteiger partial charge in [-0.1, -0.05) is 31.4 Å². The molecular formula is C29H28O7. The van der Waals surface area contributed by atoms with Crippen LogP contribution in [0.15, 0.2) is 91.4 Å². The number of esters is 3. The van der Waals surface area contributed by atoms with Crippen molar-refractivity contribution in [2.45, 2.75) is 25.7 Å². The fraction of sp³-hybridized carbons (Fsp3) is 0.207. The van der Waals surface area contributed by atoms with Gasteiger partial charge in [0.15, 0.2) is 0 Å². The van der Waals surface area contributed by atoms with Gasteiger partial charge >= 0.3 is 17.9 Å². The molecule has 0 saturated carbocycles. The van der Waals surface area contributed by atoms with E-state index in [4.69, 9.17) is 18.9 Å². The van der Waals surface area contributed by atoms with Gasteiger partial charge in [-0.15, -0.1) is 0 Å². The summed E-state index contributed by atoms with van der Waals surface area (Å²) in [6, 6.07) is 13.6. The number of hydrogen-bond donors (Lipinski definition) is 0. The Bertz CT molecular complexity index is 1160. The maximum Gasteiger partial charge on any atom is 0.343 e. The van der Waals surface area contributed by atoms with Crippen LogP contribution in [0.3, 0.4) is 0 Å². The van der Waals surface area contributed by atoms with Crippen LogP contribution in [0.5, 0.6) is 5.75 Å². The van der Waals surface area contributed by atoms with Gasteiger partial charge in [-0.05, 0) is 67.0 Å². The Labute approximate surface area is 210 Å². The molecule has 0 atom stereocenters. The summed E-state index contributed by atoms with van der Waals surface area (Å²) >= 11 is 0. The van der Waals surface area contributed by atoms with Crippen molar-refractivity contribution in [3.63, 3.8) is 0 Å². The molecule has 186 valence electrons. The lowest BCUT2D eigenvalue weighted by atomic mass is 10.1. The van der Waals surface area contributed by atoms with Crippen LogP contribution in [0, 0.1) is 0 Å². The van der Waals surface area contributed by atoms with Gasteiger partial charge in [0.25, 0.3) is 0 Å². The highest BCUT2D eigenvalue weighted by Crippen LogP contribution is 2.23. The Morgan fingerprint density at radius 3 is 1.78 bits per heavy atom. The number of allylic oxidation sites excluding steroid dienone is 4. The predicted molar refractivity (Wildman–Crippen MR) is 135 cm³/mol. The van der Waals surface area contributed by atoms with E-state index in [0.29, 0.717) is 60.9 Å². The lowest BCUT2D eigenvalue weighted by Gasteiger charge is -2.15. The molecule has 0 radical (unpaired) electrons. The fourth-order valence-electron chi connectivity index (χ4n) is 3.19. The SMILES string of the molecule is C=CC(=O)OCCCCOc1ccc(C(=O)OC2=CC=C(OC(=O)c3ccc(C=C)cc3)CC2)cc1. The fourth-order valence-corrected chi connectivity index (χ4v) is 3.19. The van der Waals surface area contributed by atoms with Crippen molar-refractivity contribution >= 4 is 24.0 Å². The number of carbonyl (C=O) groups excluding carboxylic acids is 3. The van der Waals surface area contributed by atoms with Crippen molar-refractivity contribution < 1.29 is 33.3 Å². The third-order valence-electron chi connectivity index (χ3n) is 5.21. The van der Waals surface area contributed by atoms with Gasteiger partial charge < -0.3 is 18.9 Å². The van der Waals surface area contributed by atoms with Crippen LogP contribution in [0.25, 0.3) is 6.08 Å². The first-order valence-electron chi connectivity index (χ1n) is 11.6. The molecule has 2 aromatic rings.